The molecule has 0 spiro atoms. The van der Waals surface area contributed by atoms with Crippen LogP contribution in [0.2, 0.25) is 13.1 Å². The van der Waals surface area contributed by atoms with E-state index in [1.165, 1.54) is 55.6 Å². The molecule has 0 nitrogen and oxygen atoms in total. The fourth-order valence-corrected chi connectivity index (χ4v) is 12.7. The van der Waals surface area contributed by atoms with Crippen LogP contribution in [0, 0.1) is 0 Å². The molecule has 0 saturated carbocycles. The van der Waals surface area contributed by atoms with Gasteiger partial charge in [-0.2, -0.15) is 0 Å². The molecule has 0 aliphatic heterocycles. The van der Waals surface area contributed by atoms with E-state index >= 15 is 0 Å². The first kappa shape index (κ1) is 32.7. The average Bonchev–Trinajstić information content (AvgIpc) is 3.41. The van der Waals surface area contributed by atoms with Crippen molar-refractivity contribution in [1.29, 1.82) is 0 Å². The van der Waals surface area contributed by atoms with Crippen molar-refractivity contribution in [1.82, 2.24) is 0 Å². The van der Waals surface area contributed by atoms with Gasteiger partial charge in [0.25, 0.3) is 0 Å². The quantitative estimate of drug-likeness (QED) is 0.207. The number of rotatable bonds is 4. The molecule has 0 radical (unpaired) electrons. The van der Waals surface area contributed by atoms with Crippen LogP contribution < -0.4 is 0 Å². The number of fused-ring (bicyclic) bond motifs is 2. The minimum atomic E-state index is -2.20. The van der Waals surface area contributed by atoms with Crippen LogP contribution in [0.1, 0.15) is 98.0 Å². The SMILES string of the molecule is [Li][CH]1C(C)=C([Si](C)(C)C2=C(C)[CH]([Li])c3cccc(-c4ccc(C(C)(C)C)cc4)c32)c2c(-c3ccc(C(C)(C)C)cc3)cccc21. The van der Waals surface area contributed by atoms with Crippen LogP contribution in [-0.2, 0) is 10.8 Å². The van der Waals surface area contributed by atoms with Gasteiger partial charge >= 0.3 is 294 Å². The van der Waals surface area contributed by atoms with Crippen LogP contribution in [0.15, 0.2) is 96.1 Å². The molecule has 2 aliphatic rings. The maximum atomic E-state index is 2.63. The summed E-state index contributed by atoms with van der Waals surface area (Å²) in [5.41, 5.74) is 17.6. The summed E-state index contributed by atoms with van der Waals surface area (Å²) in [4.78, 5) is 0. The predicted molar refractivity (Wildman–Crippen MR) is 201 cm³/mol. The van der Waals surface area contributed by atoms with Crippen molar-refractivity contribution in [3.05, 3.63) is 129 Å². The molecule has 0 fully saturated rings. The number of allylic oxidation sites excluding steroid dienone is 2. The molecule has 2 atom stereocenters. The van der Waals surface area contributed by atoms with Crippen LogP contribution >= 0.6 is 0 Å². The van der Waals surface area contributed by atoms with Gasteiger partial charge < -0.3 is 0 Å². The third-order valence-corrected chi connectivity index (χ3v) is 14.9. The summed E-state index contributed by atoms with van der Waals surface area (Å²) in [6.45, 7) is 23.9. The standard InChI is InChI=1S/C42H46Si.2Li/c1-27-25-31-13-11-15-35(29-17-21-33(22-18-29)41(3,4)5)37(31)39(27)43(9,10)40-28(2)26-32-14-12-16-36(38(32)40)30-19-23-34(24-20-30)42(6,7)8;;/h11-26H,1-10H3;;. The van der Waals surface area contributed by atoms with Gasteiger partial charge in [-0.3, -0.25) is 0 Å². The number of benzene rings is 4. The molecule has 2 aliphatic carbocycles. The Hall–Kier alpha value is -2.23. The molecule has 0 N–H and O–H groups in total. The molecule has 2 unspecified atom stereocenters. The zero-order valence-electron chi connectivity index (χ0n) is 29.7. The van der Waals surface area contributed by atoms with E-state index in [1.54, 1.807) is 21.5 Å². The van der Waals surface area contributed by atoms with Gasteiger partial charge in [0, 0.05) is 0 Å². The van der Waals surface area contributed by atoms with Crippen molar-refractivity contribution < 1.29 is 0 Å². The third kappa shape index (κ3) is 5.48. The van der Waals surface area contributed by atoms with Gasteiger partial charge in [-0.15, -0.1) is 0 Å². The molecule has 3 heteroatoms. The summed E-state index contributed by atoms with van der Waals surface area (Å²) < 4.78 is 0.852. The molecule has 0 aromatic heterocycles. The second-order valence-electron chi connectivity index (χ2n) is 16.4. The Morgan fingerprint density at radius 3 is 1.16 bits per heavy atom. The Kier molecular flexibility index (Phi) is 8.34. The fraction of sp³-hybridized carbons (Fsp3) is 0.333. The van der Waals surface area contributed by atoms with Crippen LogP contribution in [0.4, 0.5) is 0 Å². The molecule has 4 aromatic rings. The summed E-state index contributed by atoms with van der Waals surface area (Å²) in [5.74, 6) is 0. The minimum absolute atomic E-state index is 0.142. The summed E-state index contributed by atoms with van der Waals surface area (Å²) in [6.07, 6.45) is 0. The van der Waals surface area contributed by atoms with Crippen LogP contribution in [0.25, 0.3) is 32.6 Å². The van der Waals surface area contributed by atoms with E-state index in [0.29, 0.717) is 9.18 Å². The normalized spacial score (nSPS) is 18.5. The van der Waals surface area contributed by atoms with Gasteiger partial charge in [0.1, 0.15) is 0 Å². The first-order valence-electron chi connectivity index (χ1n) is 16.9. The number of hydrogen-bond donors (Lipinski definition) is 0. The van der Waals surface area contributed by atoms with E-state index in [1.807, 2.05) is 0 Å². The topological polar surface area (TPSA) is 0 Å². The number of hydrogen-bond acceptors (Lipinski definition) is 0. The van der Waals surface area contributed by atoms with Gasteiger partial charge in [-0.25, -0.2) is 0 Å². The molecule has 45 heavy (non-hydrogen) atoms. The average molecular weight is 593 g/mol. The van der Waals surface area contributed by atoms with E-state index in [2.05, 4.69) is 189 Å². The Balaban J connectivity index is 1.53. The van der Waals surface area contributed by atoms with E-state index in [9.17, 15) is 0 Å². The second kappa shape index (κ2) is 11.5. The van der Waals surface area contributed by atoms with Crippen LogP contribution in [-0.4, -0.2) is 43.5 Å². The monoisotopic (exact) mass is 592 g/mol. The Morgan fingerprint density at radius 1 is 0.511 bits per heavy atom. The molecule has 0 saturated heterocycles. The zero-order chi connectivity index (χ0) is 32.6. The predicted octanol–water partition coefficient (Wildman–Crippen LogP) is 11.1. The molecule has 0 heterocycles. The Morgan fingerprint density at radius 2 is 0.844 bits per heavy atom. The molecule has 6 rings (SSSR count). The Labute approximate surface area is 292 Å². The van der Waals surface area contributed by atoms with E-state index in [4.69, 9.17) is 0 Å². The van der Waals surface area contributed by atoms with Crippen molar-refractivity contribution in [3.8, 4) is 22.3 Å². The van der Waals surface area contributed by atoms with Gasteiger partial charge in [0.15, 0.2) is 0 Å². The first-order chi connectivity index (χ1) is 21.0. The van der Waals surface area contributed by atoms with Crippen molar-refractivity contribution in [2.45, 2.75) is 88.5 Å². The molecule has 0 bridgehead atoms. The first-order valence-corrected chi connectivity index (χ1v) is 19.9. The summed E-state index contributed by atoms with van der Waals surface area (Å²) in [6, 6.07) is 32.9. The van der Waals surface area contributed by atoms with Gasteiger partial charge in [-0.1, -0.05) is 0 Å². The van der Waals surface area contributed by atoms with Crippen molar-refractivity contribution >= 4 is 53.9 Å². The Bertz CT molecular complexity index is 1720. The molecule has 220 valence electrons. The second-order valence-corrected chi connectivity index (χ2v) is 20.6. The molecular formula is C42H46Li2Si. The van der Waals surface area contributed by atoms with Crippen LogP contribution in [0.3, 0.4) is 0 Å². The van der Waals surface area contributed by atoms with E-state index < -0.39 is 8.07 Å². The third-order valence-electron chi connectivity index (χ3n) is 11.1. The summed E-state index contributed by atoms with van der Waals surface area (Å²) in [5, 5.41) is 3.29. The van der Waals surface area contributed by atoms with Gasteiger partial charge in [0.2, 0.25) is 0 Å². The summed E-state index contributed by atoms with van der Waals surface area (Å²) in [7, 11) is -2.20. The van der Waals surface area contributed by atoms with Crippen molar-refractivity contribution in [3.63, 3.8) is 0 Å². The zero-order valence-corrected chi connectivity index (χ0v) is 30.7. The summed E-state index contributed by atoms with van der Waals surface area (Å²) >= 11 is 4.85. The maximum absolute atomic E-state index is 2.63. The molecule has 4 aromatic carbocycles. The van der Waals surface area contributed by atoms with Gasteiger partial charge in [-0.05, 0) is 0 Å². The van der Waals surface area contributed by atoms with E-state index in [0.717, 1.165) is 0 Å². The van der Waals surface area contributed by atoms with E-state index in [-0.39, 0.29) is 10.8 Å². The molecule has 0 amide bonds. The van der Waals surface area contributed by atoms with Gasteiger partial charge in [0.05, 0.1) is 0 Å². The van der Waals surface area contributed by atoms with Crippen molar-refractivity contribution in [2.24, 2.45) is 0 Å². The van der Waals surface area contributed by atoms with Crippen LogP contribution in [0.5, 0.6) is 0 Å². The molecular weight excluding hydrogens is 546 g/mol. The fourth-order valence-electron chi connectivity index (χ4n) is 8.23. The van der Waals surface area contributed by atoms with Crippen molar-refractivity contribution in [2.75, 3.05) is 0 Å².